The quantitative estimate of drug-likeness (QED) is 0.642. The molecule has 1 saturated carbocycles. The Morgan fingerprint density at radius 2 is 2.11 bits per heavy atom. The van der Waals surface area contributed by atoms with Crippen molar-refractivity contribution in [3.63, 3.8) is 0 Å². The van der Waals surface area contributed by atoms with Crippen LogP contribution in [0.15, 0.2) is 18.2 Å². The summed E-state index contributed by atoms with van der Waals surface area (Å²) in [4.78, 5) is 0.452. The van der Waals surface area contributed by atoms with Gasteiger partial charge in [-0.15, -0.1) is 0 Å². The van der Waals surface area contributed by atoms with Crippen molar-refractivity contribution in [2.75, 3.05) is 12.4 Å². The standard InChI is InChI=1S/C12H14N4O3/c1-19-9-5-6-10-11(7-9)16(18)14-12(15(10)17)13-8-3-2-4-8/h5-8H,2-4H2,1H3,(H,13,14). The molecule has 1 fully saturated rings. The Balaban J connectivity index is 2.08. The van der Waals surface area contributed by atoms with Gasteiger partial charge in [0.15, 0.2) is 5.52 Å². The van der Waals surface area contributed by atoms with Crippen LogP contribution in [0.25, 0.3) is 11.0 Å². The normalized spacial score (nSPS) is 15.2. The van der Waals surface area contributed by atoms with E-state index in [1.165, 1.54) is 13.2 Å². The molecule has 1 aliphatic carbocycles. The van der Waals surface area contributed by atoms with Crippen molar-refractivity contribution in [3.05, 3.63) is 28.6 Å². The molecule has 0 spiro atoms. The molecule has 7 heteroatoms. The van der Waals surface area contributed by atoms with Crippen molar-refractivity contribution < 1.29 is 14.3 Å². The molecular weight excluding hydrogens is 248 g/mol. The summed E-state index contributed by atoms with van der Waals surface area (Å²) in [5.41, 5.74) is 0.459. The van der Waals surface area contributed by atoms with E-state index < -0.39 is 0 Å². The first-order valence-corrected chi connectivity index (χ1v) is 6.17. The third-order valence-electron chi connectivity index (χ3n) is 3.42. The zero-order chi connectivity index (χ0) is 13.4. The Morgan fingerprint density at radius 1 is 1.32 bits per heavy atom. The van der Waals surface area contributed by atoms with E-state index in [-0.39, 0.29) is 23.0 Å². The molecule has 0 unspecified atom stereocenters. The number of anilines is 1. The van der Waals surface area contributed by atoms with E-state index in [1.807, 2.05) is 0 Å². The molecule has 7 nitrogen and oxygen atoms in total. The van der Waals surface area contributed by atoms with Crippen LogP contribution in [0.4, 0.5) is 5.95 Å². The van der Waals surface area contributed by atoms with Crippen LogP contribution in [0.3, 0.4) is 0 Å². The second-order valence-electron chi connectivity index (χ2n) is 4.62. The number of rotatable bonds is 3. The predicted octanol–water partition coefficient (Wildman–Crippen LogP) is 0.475. The van der Waals surface area contributed by atoms with E-state index >= 15 is 0 Å². The first-order valence-electron chi connectivity index (χ1n) is 6.17. The van der Waals surface area contributed by atoms with Gasteiger partial charge in [0.2, 0.25) is 5.10 Å². The fourth-order valence-corrected chi connectivity index (χ4v) is 2.07. The third kappa shape index (κ3) is 1.96. The maximum absolute atomic E-state index is 12.2. The lowest BCUT2D eigenvalue weighted by atomic mass is 9.93. The first-order chi connectivity index (χ1) is 9.19. The summed E-state index contributed by atoms with van der Waals surface area (Å²) in [7, 11) is 1.50. The van der Waals surface area contributed by atoms with Gasteiger partial charge in [-0.05, 0) is 31.4 Å². The van der Waals surface area contributed by atoms with Gasteiger partial charge < -0.3 is 15.2 Å². The molecule has 2 aromatic rings. The smallest absolute Gasteiger partial charge is 0.461 e. The largest absolute Gasteiger partial charge is 0.739 e. The highest BCUT2D eigenvalue weighted by atomic mass is 16.5. The summed E-state index contributed by atoms with van der Waals surface area (Å²) in [6.45, 7) is 0. The Morgan fingerprint density at radius 3 is 2.74 bits per heavy atom. The van der Waals surface area contributed by atoms with Crippen molar-refractivity contribution >= 4 is 17.0 Å². The van der Waals surface area contributed by atoms with Crippen LogP contribution in [-0.4, -0.2) is 18.3 Å². The van der Waals surface area contributed by atoms with E-state index in [0.717, 1.165) is 19.3 Å². The topological polar surface area (TPSA) is 88.0 Å². The minimum Gasteiger partial charge on any atom is -0.739 e. The average molecular weight is 262 g/mol. The Kier molecular flexibility index (Phi) is 2.73. The van der Waals surface area contributed by atoms with Crippen LogP contribution in [0.1, 0.15) is 19.3 Å². The summed E-state index contributed by atoms with van der Waals surface area (Å²) >= 11 is 0. The summed E-state index contributed by atoms with van der Waals surface area (Å²) in [5.74, 6) is 0.566. The van der Waals surface area contributed by atoms with Gasteiger partial charge in [0.05, 0.1) is 19.2 Å². The van der Waals surface area contributed by atoms with Gasteiger partial charge in [-0.2, -0.15) is 0 Å². The third-order valence-corrected chi connectivity index (χ3v) is 3.42. The minimum absolute atomic E-state index is 0.0531. The molecular formula is C12H14N4O3. The van der Waals surface area contributed by atoms with E-state index in [0.29, 0.717) is 15.3 Å². The lowest BCUT2D eigenvalue weighted by Crippen LogP contribution is -2.46. The molecule has 1 aromatic heterocycles. The fourth-order valence-electron chi connectivity index (χ4n) is 2.07. The van der Waals surface area contributed by atoms with Gasteiger partial charge in [-0.25, -0.2) is 4.73 Å². The highest BCUT2D eigenvalue weighted by molar-refractivity contribution is 5.70. The molecule has 1 aromatic carbocycles. The number of nitrogens with zero attached hydrogens (tertiary/aromatic N) is 3. The average Bonchev–Trinajstić information content (AvgIpc) is 2.38. The molecule has 1 N–H and O–H groups in total. The van der Waals surface area contributed by atoms with Gasteiger partial charge in [0, 0.05) is 4.85 Å². The maximum Gasteiger partial charge on any atom is 0.461 e. The van der Waals surface area contributed by atoms with Crippen LogP contribution in [0.2, 0.25) is 0 Å². The van der Waals surface area contributed by atoms with Crippen LogP contribution in [0, 0.1) is 10.4 Å². The summed E-state index contributed by atoms with van der Waals surface area (Å²) < 4.78 is 5.69. The number of methoxy groups -OCH3 is 1. The lowest BCUT2D eigenvalue weighted by molar-refractivity contribution is -0.672. The number of ether oxygens (including phenoxy) is 1. The molecule has 1 aliphatic rings. The Bertz CT molecular complexity index is 628. The summed E-state index contributed by atoms with van der Waals surface area (Å²) in [5, 5.41) is 30.8. The monoisotopic (exact) mass is 262 g/mol. The van der Waals surface area contributed by atoms with Crippen LogP contribution in [-0.2, 0) is 0 Å². The Labute approximate surface area is 109 Å². The van der Waals surface area contributed by atoms with Gasteiger partial charge >= 0.3 is 11.5 Å². The van der Waals surface area contributed by atoms with Crippen LogP contribution in [0.5, 0.6) is 5.75 Å². The van der Waals surface area contributed by atoms with Gasteiger partial charge in [-0.3, -0.25) is 5.32 Å². The molecule has 0 aliphatic heterocycles. The highest BCUT2D eigenvalue weighted by Gasteiger charge is 2.27. The second-order valence-corrected chi connectivity index (χ2v) is 4.62. The molecule has 1 heterocycles. The summed E-state index contributed by atoms with van der Waals surface area (Å²) in [6.07, 6.45) is 3.14. The number of hydrogen-bond donors (Lipinski definition) is 1. The SMILES string of the molecule is COc1ccc2c(c1)[n+]([O-])nc(NC1CCC1)[n+]2[O-]. The molecule has 19 heavy (non-hydrogen) atoms. The zero-order valence-electron chi connectivity index (χ0n) is 10.5. The van der Waals surface area contributed by atoms with Crippen LogP contribution >= 0.6 is 0 Å². The van der Waals surface area contributed by atoms with Gasteiger partial charge in [0.25, 0.3) is 0 Å². The first kappa shape index (κ1) is 11.8. The van der Waals surface area contributed by atoms with Crippen molar-refractivity contribution in [1.82, 2.24) is 5.10 Å². The Hall–Kier alpha value is -2.31. The number of nitrogens with one attached hydrogen (secondary N) is 1. The summed E-state index contributed by atoms with van der Waals surface area (Å²) in [6, 6.07) is 4.94. The minimum atomic E-state index is 0.0531. The lowest BCUT2D eigenvalue weighted by Gasteiger charge is -2.23. The number of benzene rings is 1. The predicted molar refractivity (Wildman–Crippen MR) is 67.5 cm³/mol. The van der Waals surface area contributed by atoms with E-state index in [4.69, 9.17) is 4.74 Å². The molecule has 0 saturated heterocycles. The molecule has 0 radical (unpaired) electrons. The molecule has 100 valence electrons. The molecule has 0 bridgehead atoms. The molecule has 3 rings (SSSR count). The van der Waals surface area contributed by atoms with Crippen LogP contribution < -0.4 is 19.6 Å². The van der Waals surface area contributed by atoms with E-state index in [2.05, 4.69) is 10.4 Å². The maximum atomic E-state index is 12.2. The van der Waals surface area contributed by atoms with E-state index in [9.17, 15) is 10.4 Å². The second kappa shape index (κ2) is 4.42. The number of hydrogen-bond acceptors (Lipinski definition) is 5. The highest BCUT2D eigenvalue weighted by Crippen LogP contribution is 2.21. The zero-order valence-corrected chi connectivity index (χ0v) is 10.5. The molecule has 0 atom stereocenters. The fraction of sp³-hybridized carbons (Fsp3) is 0.417. The number of aromatic nitrogens is 3. The van der Waals surface area contributed by atoms with Crippen molar-refractivity contribution in [2.45, 2.75) is 25.3 Å². The van der Waals surface area contributed by atoms with E-state index in [1.54, 1.807) is 12.1 Å². The molecule has 0 amide bonds. The van der Waals surface area contributed by atoms with Gasteiger partial charge in [-0.1, -0.05) is 0 Å². The van der Waals surface area contributed by atoms with Crippen molar-refractivity contribution in [1.29, 1.82) is 0 Å². The number of fused-ring (bicyclic) bond motifs is 1. The van der Waals surface area contributed by atoms with Crippen molar-refractivity contribution in [3.8, 4) is 5.75 Å². The van der Waals surface area contributed by atoms with Crippen molar-refractivity contribution in [2.24, 2.45) is 0 Å². The van der Waals surface area contributed by atoms with Gasteiger partial charge in [0.1, 0.15) is 5.75 Å².